The molecule has 0 saturated carbocycles. The first-order chi connectivity index (χ1) is 14.9. The highest BCUT2D eigenvalue weighted by Gasteiger charge is 2.33. The Morgan fingerprint density at radius 1 is 1.32 bits per heavy atom. The van der Waals surface area contributed by atoms with E-state index in [0.29, 0.717) is 6.54 Å². The molecule has 2 aliphatic heterocycles. The van der Waals surface area contributed by atoms with Crippen LogP contribution in [-0.2, 0) is 4.79 Å². The Kier molecular flexibility index (Phi) is 11.2. The number of nitrogens with one attached hydrogen (secondary N) is 5. The van der Waals surface area contributed by atoms with Gasteiger partial charge >= 0.3 is 0 Å². The average molecular weight is 454 g/mol. The van der Waals surface area contributed by atoms with E-state index in [1.54, 1.807) is 0 Å². The van der Waals surface area contributed by atoms with Gasteiger partial charge in [0.1, 0.15) is 0 Å². The molecule has 2 aliphatic rings. The number of hydrogen-bond acceptors (Lipinski definition) is 8. The Morgan fingerprint density at radius 2 is 2.10 bits per heavy atom. The fourth-order valence-corrected chi connectivity index (χ4v) is 4.58. The second-order valence-corrected chi connectivity index (χ2v) is 9.23. The van der Waals surface area contributed by atoms with Crippen molar-refractivity contribution < 1.29 is 4.79 Å². The second kappa shape index (κ2) is 13.3. The van der Waals surface area contributed by atoms with E-state index >= 15 is 0 Å². The van der Waals surface area contributed by atoms with Crippen LogP contribution in [0.5, 0.6) is 0 Å². The van der Waals surface area contributed by atoms with E-state index in [1.165, 1.54) is 17.5 Å². The molecule has 0 radical (unpaired) electrons. The molecule has 4 unspecified atom stereocenters. The number of hydrogen-bond donors (Lipinski definition) is 5. The largest absolute Gasteiger partial charge is 0.375 e. The highest BCUT2D eigenvalue weighted by atomic mass is 32.2. The predicted octanol–water partition coefficient (Wildman–Crippen LogP) is 1.02. The summed E-state index contributed by atoms with van der Waals surface area (Å²) in [5.41, 5.74) is 1.30. The molecule has 1 amide bonds. The third-order valence-electron chi connectivity index (χ3n) is 6.09. The fraction of sp³-hybridized carbons (Fsp3) is 0.773. The van der Waals surface area contributed by atoms with Gasteiger partial charge in [-0.3, -0.25) is 25.6 Å². The van der Waals surface area contributed by atoms with Gasteiger partial charge in [0.15, 0.2) is 0 Å². The van der Waals surface area contributed by atoms with E-state index in [1.807, 2.05) is 19.5 Å². The summed E-state index contributed by atoms with van der Waals surface area (Å²) >= 11 is 1.49. The summed E-state index contributed by atoms with van der Waals surface area (Å²) in [6, 6.07) is 0.426. The lowest BCUT2D eigenvalue weighted by Crippen LogP contribution is -2.54. The maximum atomic E-state index is 12.7. The van der Waals surface area contributed by atoms with Gasteiger partial charge in [0.25, 0.3) is 5.91 Å². The summed E-state index contributed by atoms with van der Waals surface area (Å²) in [6.07, 6.45) is 9.79. The van der Waals surface area contributed by atoms with Crippen molar-refractivity contribution in [3.63, 3.8) is 0 Å². The van der Waals surface area contributed by atoms with Crippen LogP contribution in [0.25, 0.3) is 0 Å². The van der Waals surface area contributed by atoms with Crippen molar-refractivity contribution in [3.8, 4) is 0 Å². The monoisotopic (exact) mass is 453 g/mol. The van der Waals surface area contributed by atoms with Crippen molar-refractivity contribution in [2.45, 2.75) is 64.4 Å². The third kappa shape index (κ3) is 7.68. The van der Waals surface area contributed by atoms with Gasteiger partial charge in [-0.1, -0.05) is 26.3 Å². The van der Waals surface area contributed by atoms with Gasteiger partial charge in [0, 0.05) is 51.3 Å². The molecule has 2 saturated heterocycles. The van der Waals surface area contributed by atoms with Gasteiger partial charge in [0.2, 0.25) is 0 Å². The number of carbonyl (C=O) groups excluding carboxylic acids is 1. The van der Waals surface area contributed by atoms with Crippen molar-refractivity contribution in [2.24, 2.45) is 0 Å². The van der Waals surface area contributed by atoms with Gasteiger partial charge in [-0.05, 0) is 33.1 Å². The summed E-state index contributed by atoms with van der Waals surface area (Å²) in [4.78, 5) is 17.8. The minimum absolute atomic E-state index is 0.0167. The van der Waals surface area contributed by atoms with Crippen LogP contribution in [0, 0.1) is 0 Å². The van der Waals surface area contributed by atoms with E-state index < -0.39 is 0 Å². The van der Waals surface area contributed by atoms with Crippen molar-refractivity contribution >= 4 is 17.7 Å². The number of likely N-dealkylation sites (N-methyl/N-ethyl adjacent to an activating group) is 2. The van der Waals surface area contributed by atoms with Crippen LogP contribution < -0.4 is 26.6 Å². The molecule has 2 fully saturated rings. The predicted molar refractivity (Wildman–Crippen MR) is 131 cm³/mol. The number of amides is 1. The standard InChI is InChI=1S/C22H43N7OS/c1-7-9-17(10-8-2)27-21-20(25-15-26-21)16(3)29(5)14-18(31-6)22(30)24-13-19-23-11-12-28(19)4/h9,14,16,19-21,23,25-27H,7-8,10-13,15H2,1-6H3,(H,24,30)/b17-9+,18-14-. The summed E-state index contributed by atoms with van der Waals surface area (Å²) < 4.78 is 0. The SMILES string of the molecule is CC/C=C(\CCC)NC1NCNC1C(C)N(C)/C=C(\SC)C(=O)NCC1NCCN1C. The first kappa shape index (κ1) is 26.0. The van der Waals surface area contributed by atoms with Crippen LogP contribution in [0.15, 0.2) is 22.9 Å². The first-order valence-electron chi connectivity index (χ1n) is 11.5. The van der Waals surface area contributed by atoms with E-state index in [9.17, 15) is 4.79 Å². The van der Waals surface area contributed by atoms with Crippen LogP contribution in [0.1, 0.15) is 40.0 Å². The van der Waals surface area contributed by atoms with Crippen LogP contribution in [0.2, 0.25) is 0 Å². The van der Waals surface area contributed by atoms with Crippen molar-refractivity contribution in [1.29, 1.82) is 0 Å². The zero-order valence-electron chi connectivity index (χ0n) is 20.1. The lowest BCUT2D eigenvalue weighted by atomic mass is 10.1. The maximum Gasteiger partial charge on any atom is 0.259 e. The summed E-state index contributed by atoms with van der Waals surface area (Å²) in [6.45, 7) is 9.94. The Balaban J connectivity index is 1.96. The van der Waals surface area contributed by atoms with Crippen LogP contribution in [-0.4, -0.2) is 86.8 Å². The molecule has 0 aromatic carbocycles. The number of nitrogens with zero attached hydrogens (tertiary/aromatic N) is 2. The normalized spacial score (nSPS) is 26.2. The summed E-state index contributed by atoms with van der Waals surface area (Å²) in [5, 5.41) is 17.3. The maximum absolute atomic E-state index is 12.7. The van der Waals surface area contributed by atoms with Gasteiger partial charge in [-0.25, -0.2) is 0 Å². The van der Waals surface area contributed by atoms with Crippen LogP contribution in [0.3, 0.4) is 0 Å². The molecule has 178 valence electrons. The molecule has 31 heavy (non-hydrogen) atoms. The van der Waals surface area contributed by atoms with Gasteiger partial charge in [0.05, 0.1) is 23.3 Å². The Hall–Kier alpha value is -1.26. The quantitative estimate of drug-likeness (QED) is 0.280. The highest BCUT2D eigenvalue weighted by Crippen LogP contribution is 2.17. The lowest BCUT2D eigenvalue weighted by Gasteiger charge is -2.33. The number of thioether (sulfide) groups is 1. The third-order valence-corrected chi connectivity index (χ3v) is 6.82. The van der Waals surface area contributed by atoms with Gasteiger partial charge < -0.3 is 15.5 Å². The second-order valence-electron chi connectivity index (χ2n) is 8.38. The number of rotatable bonds is 12. The smallest absolute Gasteiger partial charge is 0.259 e. The zero-order valence-corrected chi connectivity index (χ0v) is 20.9. The van der Waals surface area contributed by atoms with E-state index in [4.69, 9.17) is 0 Å². The van der Waals surface area contributed by atoms with E-state index in [2.05, 4.69) is 70.3 Å². The molecule has 9 heteroatoms. The van der Waals surface area contributed by atoms with Gasteiger partial charge in [-0.2, -0.15) is 0 Å². The molecular formula is C22H43N7OS. The zero-order chi connectivity index (χ0) is 22.8. The summed E-state index contributed by atoms with van der Waals surface area (Å²) in [7, 11) is 4.12. The molecule has 0 aromatic rings. The molecular weight excluding hydrogens is 410 g/mol. The van der Waals surface area contributed by atoms with Crippen molar-refractivity contribution in [2.75, 3.05) is 46.7 Å². The topological polar surface area (TPSA) is 83.7 Å². The molecule has 0 spiro atoms. The highest BCUT2D eigenvalue weighted by molar-refractivity contribution is 8.03. The first-order valence-corrected chi connectivity index (χ1v) is 12.8. The molecule has 2 rings (SSSR count). The molecule has 0 bridgehead atoms. The molecule has 5 N–H and O–H groups in total. The van der Waals surface area contributed by atoms with Crippen molar-refractivity contribution in [1.82, 2.24) is 36.4 Å². The van der Waals surface area contributed by atoms with E-state index in [-0.39, 0.29) is 30.3 Å². The summed E-state index contributed by atoms with van der Waals surface area (Å²) in [5.74, 6) is -0.0167. The van der Waals surface area contributed by atoms with Crippen LogP contribution >= 0.6 is 11.8 Å². The average Bonchev–Trinajstić information content (AvgIpc) is 3.38. The lowest BCUT2D eigenvalue weighted by molar-refractivity contribution is -0.117. The Bertz CT molecular complexity index is 627. The number of carbonyl (C=O) groups is 1. The van der Waals surface area contributed by atoms with E-state index in [0.717, 1.165) is 43.9 Å². The van der Waals surface area contributed by atoms with Crippen LogP contribution in [0.4, 0.5) is 0 Å². The Morgan fingerprint density at radius 3 is 2.71 bits per heavy atom. The fourth-order valence-electron chi connectivity index (χ4n) is 4.05. The molecule has 8 nitrogen and oxygen atoms in total. The molecule has 2 heterocycles. The molecule has 0 aliphatic carbocycles. The van der Waals surface area contributed by atoms with Gasteiger partial charge in [-0.15, -0.1) is 11.8 Å². The number of allylic oxidation sites excluding steroid dienone is 2. The molecule has 0 aromatic heterocycles. The van der Waals surface area contributed by atoms with Crippen molar-refractivity contribution in [3.05, 3.63) is 22.9 Å². The minimum Gasteiger partial charge on any atom is -0.375 e. The Labute approximate surface area is 193 Å². The molecule has 4 atom stereocenters. The minimum atomic E-state index is -0.0167.